The summed E-state index contributed by atoms with van der Waals surface area (Å²) >= 11 is 0. The van der Waals surface area contributed by atoms with E-state index in [2.05, 4.69) is 58.8 Å². The van der Waals surface area contributed by atoms with Gasteiger partial charge in [0.15, 0.2) is 5.96 Å². The Labute approximate surface area is 179 Å². The highest BCUT2D eigenvalue weighted by Crippen LogP contribution is 2.35. The summed E-state index contributed by atoms with van der Waals surface area (Å²) in [5.74, 6) is 2.59. The number of aliphatic imine (C=N–C) groups is 1. The molecule has 30 heavy (non-hydrogen) atoms. The molecule has 0 saturated carbocycles. The Morgan fingerprint density at radius 3 is 2.83 bits per heavy atom. The second-order valence-electron chi connectivity index (χ2n) is 7.87. The Bertz CT molecular complexity index is 877. The summed E-state index contributed by atoms with van der Waals surface area (Å²) in [5.41, 5.74) is 3.43. The van der Waals surface area contributed by atoms with E-state index in [9.17, 15) is 0 Å². The molecule has 0 bridgehead atoms. The molecule has 0 amide bonds. The molecule has 3 rings (SSSR count). The third-order valence-corrected chi connectivity index (χ3v) is 5.24. The van der Waals surface area contributed by atoms with Gasteiger partial charge in [0.25, 0.3) is 0 Å². The van der Waals surface area contributed by atoms with Crippen molar-refractivity contribution in [2.24, 2.45) is 12.0 Å². The highest BCUT2D eigenvalue weighted by molar-refractivity contribution is 5.79. The molecule has 1 aromatic carbocycles. The van der Waals surface area contributed by atoms with Crippen molar-refractivity contribution in [3.8, 4) is 11.5 Å². The number of fused-ring (bicyclic) bond motifs is 1. The van der Waals surface area contributed by atoms with Crippen LogP contribution in [0.1, 0.15) is 36.6 Å². The monoisotopic (exact) mass is 414 g/mol. The second kappa shape index (κ2) is 9.84. The van der Waals surface area contributed by atoms with E-state index >= 15 is 0 Å². The van der Waals surface area contributed by atoms with E-state index in [0.717, 1.165) is 35.0 Å². The van der Waals surface area contributed by atoms with Crippen LogP contribution in [0.15, 0.2) is 29.5 Å². The number of nitrogens with zero attached hydrogens (tertiary/aromatic N) is 4. The van der Waals surface area contributed by atoms with Crippen molar-refractivity contribution in [1.29, 1.82) is 0 Å². The zero-order chi connectivity index (χ0) is 21.7. The van der Waals surface area contributed by atoms with E-state index in [0.29, 0.717) is 19.7 Å². The fourth-order valence-electron chi connectivity index (χ4n) is 3.71. The number of aromatic nitrogens is 2. The SMILES string of the molecule is CCOc1cc2c(cc1CNC(=NC)NCC(c1cnn(C)c1)N(C)C)OC(C)C2. The van der Waals surface area contributed by atoms with Crippen LogP contribution in [0.3, 0.4) is 0 Å². The standard InChI is InChI=1S/C22H34N6O2/c1-7-29-20-9-16-8-15(2)30-21(16)10-17(20)11-24-22(23-3)25-13-19(27(4)5)18-12-26-28(6)14-18/h9-10,12,14-15,19H,7-8,11,13H2,1-6H3,(H2,23,24,25). The summed E-state index contributed by atoms with van der Waals surface area (Å²) < 4.78 is 13.6. The number of nitrogens with one attached hydrogen (secondary N) is 2. The van der Waals surface area contributed by atoms with Crippen LogP contribution in [0.25, 0.3) is 0 Å². The van der Waals surface area contributed by atoms with Gasteiger partial charge in [-0.25, -0.2) is 0 Å². The van der Waals surface area contributed by atoms with Crippen LogP contribution in [-0.4, -0.2) is 61.0 Å². The van der Waals surface area contributed by atoms with Gasteiger partial charge in [0, 0.05) is 56.5 Å². The molecule has 164 valence electrons. The maximum atomic E-state index is 5.93. The molecule has 2 heterocycles. The Morgan fingerprint density at radius 1 is 1.40 bits per heavy atom. The van der Waals surface area contributed by atoms with Crippen LogP contribution in [0.2, 0.25) is 0 Å². The average molecular weight is 415 g/mol. The molecule has 0 spiro atoms. The molecule has 8 nitrogen and oxygen atoms in total. The van der Waals surface area contributed by atoms with Gasteiger partial charge in [-0.2, -0.15) is 5.10 Å². The first-order chi connectivity index (χ1) is 14.4. The molecular weight excluding hydrogens is 380 g/mol. The van der Waals surface area contributed by atoms with Crippen molar-refractivity contribution in [3.63, 3.8) is 0 Å². The molecule has 1 aliphatic heterocycles. The molecule has 2 unspecified atom stereocenters. The molecule has 0 fully saturated rings. The van der Waals surface area contributed by atoms with Gasteiger partial charge >= 0.3 is 0 Å². The summed E-state index contributed by atoms with van der Waals surface area (Å²) in [7, 11) is 7.84. The highest BCUT2D eigenvalue weighted by Gasteiger charge is 2.22. The fourth-order valence-corrected chi connectivity index (χ4v) is 3.71. The summed E-state index contributed by atoms with van der Waals surface area (Å²) in [6.07, 6.45) is 5.08. The van der Waals surface area contributed by atoms with Crippen LogP contribution >= 0.6 is 0 Å². The Hall–Kier alpha value is -2.74. The number of hydrogen-bond acceptors (Lipinski definition) is 5. The van der Waals surface area contributed by atoms with Gasteiger partial charge in [-0.3, -0.25) is 9.67 Å². The predicted molar refractivity (Wildman–Crippen MR) is 119 cm³/mol. The maximum Gasteiger partial charge on any atom is 0.191 e. The summed E-state index contributed by atoms with van der Waals surface area (Å²) in [5, 5.41) is 11.1. The van der Waals surface area contributed by atoms with Crippen molar-refractivity contribution in [2.45, 2.75) is 39.0 Å². The average Bonchev–Trinajstić information content (AvgIpc) is 3.28. The molecule has 2 aromatic rings. The number of hydrogen-bond donors (Lipinski definition) is 2. The van der Waals surface area contributed by atoms with E-state index in [1.165, 1.54) is 5.56 Å². The predicted octanol–water partition coefficient (Wildman–Crippen LogP) is 2.11. The Balaban J connectivity index is 1.64. The van der Waals surface area contributed by atoms with Gasteiger partial charge in [0.2, 0.25) is 0 Å². The van der Waals surface area contributed by atoms with Crippen molar-refractivity contribution in [3.05, 3.63) is 41.2 Å². The lowest BCUT2D eigenvalue weighted by atomic mass is 10.1. The molecule has 1 aliphatic rings. The summed E-state index contributed by atoms with van der Waals surface area (Å²) in [6, 6.07) is 4.38. The lowest BCUT2D eigenvalue weighted by Gasteiger charge is -2.24. The molecule has 0 saturated heterocycles. The largest absolute Gasteiger partial charge is 0.494 e. The third kappa shape index (κ3) is 5.24. The first-order valence-electron chi connectivity index (χ1n) is 10.5. The first kappa shape index (κ1) is 22.0. The zero-order valence-corrected chi connectivity index (χ0v) is 18.9. The normalized spacial score (nSPS) is 16.9. The van der Waals surface area contributed by atoms with Gasteiger partial charge in [0.1, 0.15) is 17.6 Å². The molecule has 8 heteroatoms. The lowest BCUT2D eigenvalue weighted by Crippen LogP contribution is -2.41. The van der Waals surface area contributed by atoms with E-state index in [1.54, 1.807) is 7.05 Å². The number of benzene rings is 1. The van der Waals surface area contributed by atoms with Gasteiger partial charge < -0.3 is 25.0 Å². The van der Waals surface area contributed by atoms with E-state index in [-0.39, 0.29) is 12.1 Å². The van der Waals surface area contributed by atoms with Crippen molar-refractivity contribution in [2.75, 3.05) is 34.3 Å². The Kier molecular flexibility index (Phi) is 7.20. The number of guanidine groups is 1. The van der Waals surface area contributed by atoms with Crippen LogP contribution in [0.4, 0.5) is 0 Å². The second-order valence-corrected chi connectivity index (χ2v) is 7.87. The van der Waals surface area contributed by atoms with Gasteiger partial charge in [0.05, 0.1) is 18.8 Å². The van der Waals surface area contributed by atoms with E-state index in [1.807, 2.05) is 31.0 Å². The van der Waals surface area contributed by atoms with Crippen LogP contribution < -0.4 is 20.1 Å². The van der Waals surface area contributed by atoms with Crippen molar-refractivity contribution < 1.29 is 9.47 Å². The minimum Gasteiger partial charge on any atom is -0.494 e. The van der Waals surface area contributed by atoms with E-state index in [4.69, 9.17) is 9.47 Å². The first-order valence-corrected chi connectivity index (χ1v) is 10.5. The number of likely N-dealkylation sites (N-methyl/N-ethyl adjacent to an activating group) is 1. The number of ether oxygens (including phenoxy) is 2. The minimum absolute atomic E-state index is 0.186. The minimum atomic E-state index is 0.186. The number of rotatable bonds is 8. The topological polar surface area (TPSA) is 75.9 Å². The molecule has 2 atom stereocenters. The molecular formula is C22H34N6O2. The van der Waals surface area contributed by atoms with Crippen molar-refractivity contribution >= 4 is 5.96 Å². The van der Waals surface area contributed by atoms with Gasteiger partial charge in [-0.05, 0) is 40.1 Å². The summed E-state index contributed by atoms with van der Waals surface area (Å²) in [4.78, 5) is 6.55. The smallest absolute Gasteiger partial charge is 0.191 e. The van der Waals surface area contributed by atoms with Gasteiger partial charge in [-0.1, -0.05) is 0 Å². The molecule has 0 aliphatic carbocycles. The lowest BCUT2D eigenvalue weighted by molar-refractivity contribution is 0.254. The van der Waals surface area contributed by atoms with E-state index < -0.39 is 0 Å². The van der Waals surface area contributed by atoms with Crippen LogP contribution in [0.5, 0.6) is 11.5 Å². The third-order valence-electron chi connectivity index (χ3n) is 5.24. The number of aryl methyl sites for hydroxylation is 1. The molecule has 0 radical (unpaired) electrons. The fraction of sp³-hybridized carbons (Fsp3) is 0.545. The van der Waals surface area contributed by atoms with Gasteiger partial charge in [-0.15, -0.1) is 0 Å². The van der Waals surface area contributed by atoms with Crippen LogP contribution in [-0.2, 0) is 20.0 Å². The molecule has 1 aromatic heterocycles. The van der Waals surface area contributed by atoms with Crippen LogP contribution in [0, 0.1) is 0 Å². The highest BCUT2D eigenvalue weighted by atomic mass is 16.5. The Morgan fingerprint density at radius 2 is 2.20 bits per heavy atom. The maximum absolute atomic E-state index is 5.93. The summed E-state index contributed by atoms with van der Waals surface area (Å²) in [6.45, 7) is 6.03. The quantitative estimate of drug-likeness (QED) is 0.509. The van der Waals surface area contributed by atoms with Crippen molar-refractivity contribution in [1.82, 2.24) is 25.3 Å². The zero-order valence-electron chi connectivity index (χ0n) is 18.9. The molecule has 2 N–H and O–H groups in total.